The first-order valence-electron chi connectivity index (χ1n) is 6.24. The highest BCUT2D eigenvalue weighted by Crippen LogP contribution is 2.33. The number of aryl methyl sites for hydroxylation is 1. The fourth-order valence-electron chi connectivity index (χ4n) is 2.05. The molecule has 0 spiro atoms. The number of nitrogens with one attached hydrogen (secondary N) is 1. The van der Waals surface area contributed by atoms with Crippen molar-refractivity contribution in [1.82, 2.24) is 10.3 Å². The fraction of sp³-hybridized carbons (Fsp3) is 0.357. The van der Waals surface area contributed by atoms with Gasteiger partial charge in [0.05, 0.1) is 22.8 Å². The molecule has 2 nitrogen and oxygen atoms in total. The van der Waals surface area contributed by atoms with Crippen molar-refractivity contribution in [3.63, 3.8) is 0 Å². The number of hydrogen-bond donors (Lipinski definition) is 1. The molecule has 0 bridgehead atoms. The number of alkyl halides is 3. The Hall–Kier alpha value is -1.40. The standard InChI is InChI=1S/C14H15F3N2S/c1-3-18-12(13-9(2)19-8-20-13)10-5-4-6-11(7-10)14(15,16)17/h4-8,12,18H,3H2,1-2H3. The number of halogens is 3. The maximum Gasteiger partial charge on any atom is 0.416 e. The zero-order valence-corrected chi connectivity index (χ0v) is 12.0. The lowest BCUT2D eigenvalue weighted by molar-refractivity contribution is -0.137. The topological polar surface area (TPSA) is 24.9 Å². The van der Waals surface area contributed by atoms with Crippen LogP contribution in [0.25, 0.3) is 0 Å². The Labute approximate surface area is 119 Å². The van der Waals surface area contributed by atoms with Crippen molar-refractivity contribution < 1.29 is 13.2 Å². The fourth-order valence-corrected chi connectivity index (χ4v) is 2.95. The number of rotatable bonds is 4. The molecule has 108 valence electrons. The van der Waals surface area contributed by atoms with Crippen LogP contribution in [0.3, 0.4) is 0 Å². The summed E-state index contributed by atoms with van der Waals surface area (Å²) in [6.45, 7) is 4.46. The number of benzene rings is 1. The minimum absolute atomic E-state index is 0.255. The summed E-state index contributed by atoms with van der Waals surface area (Å²) >= 11 is 1.45. The third kappa shape index (κ3) is 3.19. The van der Waals surface area contributed by atoms with Gasteiger partial charge in [-0.2, -0.15) is 13.2 Å². The van der Waals surface area contributed by atoms with Gasteiger partial charge in [0.1, 0.15) is 0 Å². The number of nitrogens with zero attached hydrogens (tertiary/aromatic N) is 1. The molecule has 0 aliphatic heterocycles. The van der Waals surface area contributed by atoms with E-state index in [9.17, 15) is 13.2 Å². The molecule has 0 aliphatic rings. The lowest BCUT2D eigenvalue weighted by Crippen LogP contribution is -2.22. The molecular formula is C14H15F3N2S. The highest BCUT2D eigenvalue weighted by atomic mass is 32.1. The molecule has 1 aromatic heterocycles. The summed E-state index contributed by atoms with van der Waals surface area (Å²) in [5, 5.41) is 3.22. The SMILES string of the molecule is CCNC(c1cccc(C(F)(F)F)c1)c1scnc1C. The van der Waals surface area contributed by atoms with Gasteiger partial charge in [-0.05, 0) is 31.2 Å². The van der Waals surface area contributed by atoms with E-state index in [2.05, 4.69) is 10.3 Å². The molecule has 1 unspecified atom stereocenters. The van der Waals surface area contributed by atoms with Gasteiger partial charge < -0.3 is 5.32 Å². The van der Waals surface area contributed by atoms with Crippen LogP contribution < -0.4 is 5.32 Å². The number of aromatic nitrogens is 1. The summed E-state index contributed by atoms with van der Waals surface area (Å²) < 4.78 is 38.4. The van der Waals surface area contributed by atoms with E-state index >= 15 is 0 Å². The summed E-state index contributed by atoms with van der Waals surface area (Å²) in [7, 11) is 0. The van der Waals surface area contributed by atoms with Crippen molar-refractivity contribution in [3.05, 3.63) is 51.5 Å². The predicted molar refractivity (Wildman–Crippen MR) is 73.8 cm³/mol. The van der Waals surface area contributed by atoms with Gasteiger partial charge in [-0.1, -0.05) is 19.1 Å². The highest BCUT2D eigenvalue weighted by molar-refractivity contribution is 7.09. The zero-order valence-electron chi connectivity index (χ0n) is 11.2. The van der Waals surface area contributed by atoms with E-state index < -0.39 is 11.7 Å². The van der Waals surface area contributed by atoms with Crippen LogP contribution in [0.15, 0.2) is 29.8 Å². The van der Waals surface area contributed by atoms with Crippen LogP contribution in [0.2, 0.25) is 0 Å². The lowest BCUT2D eigenvalue weighted by atomic mass is 10.0. The molecule has 2 rings (SSSR count). The summed E-state index contributed by atoms with van der Waals surface area (Å²) in [6, 6.07) is 5.19. The van der Waals surface area contributed by atoms with Crippen molar-refractivity contribution >= 4 is 11.3 Å². The molecule has 1 atom stereocenters. The Morgan fingerprint density at radius 3 is 2.65 bits per heavy atom. The van der Waals surface area contributed by atoms with E-state index in [0.717, 1.165) is 16.6 Å². The summed E-state index contributed by atoms with van der Waals surface area (Å²) in [6.07, 6.45) is -4.32. The van der Waals surface area contributed by atoms with Crippen LogP contribution in [0.4, 0.5) is 13.2 Å². The average Bonchev–Trinajstić information content (AvgIpc) is 2.81. The predicted octanol–water partition coefficient (Wildman–Crippen LogP) is 4.17. The third-order valence-corrected chi connectivity index (χ3v) is 4.00. The second kappa shape index (κ2) is 5.93. The molecule has 0 aliphatic carbocycles. The van der Waals surface area contributed by atoms with Crippen LogP contribution in [0, 0.1) is 6.92 Å². The van der Waals surface area contributed by atoms with Crippen molar-refractivity contribution in [2.24, 2.45) is 0 Å². The second-order valence-corrected chi connectivity index (χ2v) is 5.30. The highest BCUT2D eigenvalue weighted by Gasteiger charge is 2.31. The Bertz CT molecular complexity index is 578. The normalized spacial score (nSPS) is 13.4. The minimum Gasteiger partial charge on any atom is -0.306 e. The molecule has 1 N–H and O–H groups in total. The van der Waals surface area contributed by atoms with Gasteiger partial charge in [0, 0.05) is 4.88 Å². The third-order valence-electron chi connectivity index (χ3n) is 3.00. The molecule has 1 heterocycles. The molecule has 20 heavy (non-hydrogen) atoms. The van der Waals surface area contributed by atoms with Crippen molar-refractivity contribution in [3.8, 4) is 0 Å². The molecule has 0 radical (unpaired) electrons. The molecular weight excluding hydrogens is 285 g/mol. The first-order chi connectivity index (χ1) is 9.43. The largest absolute Gasteiger partial charge is 0.416 e. The van der Waals surface area contributed by atoms with E-state index in [0.29, 0.717) is 12.1 Å². The van der Waals surface area contributed by atoms with Crippen LogP contribution in [0.1, 0.15) is 34.7 Å². The maximum atomic E-state index is 12.8. The molecule has 2 aromatic rings. The molecule has 6 heteroatoms. The first-order valence-corrected chi connectivity index (χ1v) is 7.12. The minimum atomic E-state index is -4.32. The van der Waals surface area contributed by atoms with Gasteiger partial charge in [-0.25, -0.2) is 4.98 Å². The molecule has 0 fully saturated rings. The van der Waals surface area contributed by atoms with E-state index in [1.165, 1.54) is 23.5 Å². The van der Waals surface area contributed by atoms with E-state index in [4.69, 9.17) is 0 Å². The van der Waals surface area contributed by atoms with Crippen molar-refractivity contribution in [2.75, 3.05) is 6.54 Å². The lowest BCUT2D eigenvalue weighted by Gasteiger charge is -2.19. The van der Waals surface area contributed by atoms with Crippen molar-refractivity contribution in [1.29, 1.82) is 0 Å². The Kier molecular flexibility index (Phi) is 4.45. The van der Waals surface area contributed by atoms with Crippen LogP contribution >= 0.6 is 11.3 Å². The van der Waals surface area contributed by atoms with Crippen molar-refractivity contribution in [2.45, 2.75) is 26.1 Å². The van der Waals surface area contributed by atoms with Gasteiger partial charge in [-0.15, -0.1) is 11.3 Å². The van der Waals surface area contributed by atoms with E-state index in [-0.39, 0.29) is 6.04 Å². The number of thiazole rings is 1. The molecule has 0 saturated carbocycles. The van der Waals surface area contributed by atoms with Gasteiger partial charge >= 0.3 is 6.18 Å². The average molecular weight is 300 g/mol. The Balaban J connectivity index is 2.43. The quantitative estimate of drug-likeness (QED) is 0.916. The van der Waals surface area contributed by atoms with E-state index in [1.54, 1.807) is 11.6 Å². The smallest absolute Gasteiger partial charge is 0.306 e. The van der Waals surface area contributed by atoms with Gasteiger partial charge in [0.2, 0.25) is 0 Å². The maximum absolute atomic E-state index is 12.8. The van der Waals surface area contributed by atoms with Crippen LogP contribution in [-0.4, -0.2) is 11.5 Å². The Morgan fingerprint density at radius 2 is 2.10 bits per heavy atom. The monoisotopic (exact) mass is 300 g/mol. The van der Waals surface area contributed by atoms with Crippen LogP contribution in [0.5, 0.6) is 0 Å². The van der Waals surface area contributed by atoms with Gasteiger partial charge in [-0.3, -0.25) is 0 Å². The first kappa shape index (κ1) is 15.0. The number of hydrogen-bond acceptors (Lipinski definition) is 3. The van der Waals surface area contributed by atoms with E-state index in [1.807, 2.05) is 13.8 Å². The summed E-state index contributed by atoms with van der Waals surface area (Å²) in [5.41, 5.74) is 2.54. The summed E-state index contributed by atoms with van der Waals surface area (Å²) in [4.78, 5) is 5.12. The zero-order chi connectivity index (χ0) is 14.8. The second-order valence-electron chi connectivity index (χ2n) is 4.42. The van der Waals surface area contributed by atoms with Crippen LogP contribution in [-0.2, 0) is 6.18 Å². The molecule has 0 saturated heterocycles. The molecule has 0 amide bonds. The molecule has 1 aromatic carbocycles. The summed E-state index contributed by atoms with van der Waals surface area (Å²) in [5.74, 6) is 0. The van der Waals surface area contributed by atoms with Gasteiger partial charge in [0.25, 0.3) is 0 Å². The van der Waals surface area contributed by atoms with Gasteiger partial charge in [0.15, 0.2) is 0 Å². The Morgan fingerprint density at radius 1 is 1.35 bits per heavy atom.